The average molecular weight is 171 g/mol. The van der Waals surface area contributed by atoms with Gasteiger partial charge in [-0.25, -0.2) is 4.39 Å². The van der Waals surface area contributed by atoms with Crippen molar-refractivity contribution in [2.75, 3.05) is 0 Å². The van der Waals surface area contributed by atoms with Crippen molar-refractivity contribution in [3.63, 3.8) is 0 Å². The number of rotatable bonds is 2. The SMILES string of the molecule is N[C@H](c1cscc1F)C1CC1. The molecular formula is C8H10FNS. The molecule has 1 aromatic rings. The van der Waals surface area contributed by atoms with Crippen LogP contribution >= 0.6 is 11.3 Å². The molecule has 0 radical (unpaired) electrons. The summed E-state index contributed by atoms with van der Waals surface area (Å²) in [5, 5.41) is 3.33. The standard InChI is InChI=1S/C8H10FNS/c9-7-4-11-3-6(7)8(10)5-1-2-5/h3-5,8H,1-2,10H2/t8-/m0/s1. The summed E-state index contributed by atoms with van der Waals surface area (Å²) < 4.78 is 12.9. The summed E-state index contributed by atoms with van der Waals surface area (Å²) in [6.07, 6.45) is 2.33. The van der Waals surface area contributed by atoms with Gasteiger partial charge in [0.1, 0.15) is 5.82 Å². The molecule has 1 nitrogen and oxygen atoms in total. The molecule has 0 aromatic carbocycles. The van der Waals surface area contributed by atoms with Crippen molar-refractivity contribution in [3.8, 4) is 0 Å². The Bertz CT molecular complexity index is 254. The van der Waals surface area contributed by atoms with E-state index in [0.29, 0.717) is 11.5 Å². The number of nitrogens with two attached hydrogens (primary N) is 1. The molecule has 1 atom stereocenters. The molecule has 1 aliphatic carbocycles. The highest BCUT2D eigenvalue weighted by molar-refractivity contribution is 7.08. The molecule has 1 fully saturated rings. The summed E-state index contributed by atoms with van der Waals surface area (Å²) in [6.45, 7) is 0. The van der Waals surface area contributed by atoms with E-state index in [9.17, 15) is 4.39 Å². The van der Waals surface area contributed by atoms with Crippen molar-refractivity contribution in [2.24, 2.45) is 11.7 Å². The molecule has 0 amide bonds. The smallest absolute Gasteiger partial charge is 0.138 e. The quantitative estimate of drug-likeness (QED) is 0.726. The second-order valence-corrected chi connectivity index (χ2v) is 3.78. The summed E-state index contributed by atoms with van der Waals surface area (Å²) in [4.78, 5) is 0. The van der Waals surface area contributed by atoms with E-state index in [1.807, 2.05) is 5.38 Å². The first-order valence-corrected chi connectivity index (χ1v) is 4.70. The first kappa shape index (κ1) is 7.25. The van der Waals surface area contributed by atoms with Gasteiger partial charge in [-0.3, -0.25) is 0 Å². The molecule has 1 aliphatic rings. The zero-order valence-corrected chi connectivity index (χ0v) is 6.90. The van der Waals surface area contributed by atoms with Crippen molar-refractivity contribution < 1.29 is 4.39 Å². The molecule has 0 bridgehead atoms. The van der Waals surface area contributed by atoms with Crippen molar-refractivity contribution in [1.82, 2.24) is 0 Å². The molecule has 2 rings (SSSR count). The molecule has 1 aromatic heterocycles. The zero-order chi connectivity index (χ0) is 7.84. The lowest BCUT2D eigenvalue weighted by atomic mass is 10.1. The maximum Gasteiger partial charge on any atom is 0.138 e. The van der Waals surface area contributed by atoms with Crippen molar-refractivity contribution >= 4 is 11.3 Å². The van der Waals surface area contributed by atoms with Crippen LogP contribution in [0.2, 0.25) is 0 Å². The zero-order valence-electron chi connectivity index (χ0n) is 6.09. The van der Waals surface area contributed by atoms with Crippen molar-refractivity contribution in [2.45, 2.75) is 18.9 Å². The van der Waals surface area contributed by atoms with Gasteiger partial charge >= 0.3 is 0 Å². The lowest BCUT2D eigenvalue weighted by molar-refractivity contribution is 0.560. The molecule has 0 aliphatic heterocycles. The van der Waals surface area contributed by atoms with Crippen LogP contribution in [0, 0.1) is 11.7 Å². The third-order valence-electron chi connectivity index (χ3n) is 2.13. The van der Waals surface area contributed by atoms with E-state index >= 15 is 0 Å². The van der Waals surface area contributed by atoms with Crippen LogP contribution in [-0.4, -0.2) is 0 Å². The minimum Gasteiger partial charge on any atom is -0.324 e. The molecule has 11 heavy (non-hydrogen) atoms. The van der Waals surface area contributed by atoms with Gasteiger partial charge in [0.15, 0.2) is 0 Å². The van der Waals surface area contributed by atoms with Crippen LogP contribution in [0.1, 0.15) is 24.4 Å². The van der Waals surface area contributed by atoms with Crippen LogP contribution in [0.15, 0.2) is 10.8 Å². The van der Waals surface area contributed by atoms with Gasteiger partial charge in [0.2, 0.25) is 0 Å². The lowest BCUT2D eigenvalue weighted by Gasteiger charge is -2.06. The fraction of sp³-hybridized carbons (Fsp3) is 0.500. The molecule has 0 unspecified atom stereocenters. The van der Waals surface area contributed by atoms with E-state index in [2.05, 4.69) is 0 Å². The second kappa shape index (κ2) is 2.57. The Balaban J connectivity index is 2.20. The number of thiophene rings is 1. The van der Waals surface area contributed by atoms with Crippen molar-refractivity contribution in [3.05, 3.63) is 22.1 Å². The molecule has 3 heteroatoms. The first-order valence-electron chi connectivity index (χ1n) is 3.76. The predicted molar refractivity (Wildman–Crippen MR) is 43.9 cm³/mol. The number of hydrogen-bond acceptors (Lipinski definition) is 2. The third kappa shape index (κ3) is 1.30. The third-order valence-corrected chi connectivity index (χ3v) is 2.86. The minimum atomic E-state index is -0.130. The largest absolute Gasteiger partial charge is 0.324 e. The van der Waals surface area contributed by atoms with Crippen molar-refractivity contribution in [1.29, 1.82) is 0 Å². The average Bonchev–Trinajstić information content (AvgIpc) is 2.74. The van der Waals surface area contributed by atoms with Gasteiger partial charge in [-0.1, -0.05) is 0 Å². The van der Waals surface area contributed by atoms with E-state index < -0.39 is 0 Å². The molecule has 0 saturated heterocycles. The molecule has 1 saturated carbocycles. The fourth-order valence-electron chi connectivity index (χ4n) is 1.24. The minimum absolute atomic E-state index is 0.0544. The van der Waals surface area contributed by atoms with Crippen LogP contribution in [0.5, 0.6) is 0 Å². The van der Waals surface area contributed by atoms with Crippen LogP contribution < -0.4 is 5.73 Å². The first-order chi connectivity index (χ1) is 5.29. The predicted octanol–water partition coefficient (Wildman–Crippen LogP) is 2.30. The summed E-state index contributed by atoms with van der Waals surface area (Å²) >= 11 is 1.38. The highest BCUT2D eigenvalue weighted by Gasteiger charge is 2.31. The Morgan fingerprint density at radius 1 is 1.55 bits per heavy atom. The summed E-state index contributed by atoms with van der Waals surface area (Å²) in [5.41, 5.74) is 6.52. The Hall–Kier alpha value is -0.410. The molecule has 0 spiro atoms. The van der Waals surface area contributed by atoms with E-state index in [4.69, 9.17) is 5.73 Å². The summed E-state index contributed by atoms with van der Waals surface area (Å²) in [6, 6.07) is -0.0544. The Morgan fingerprint density at radius 2 is 2.27 bits per heavy atom. The second-order valence-electron chi connectivity index (χ2n) is 3.04. The van der Waals surface area contributed by atoms with Gasteiger partial charge in [-0.15, -0.1) is 11.3 Å². The van der Waals surface area contributed by atoms with Crippen LogP contribution in [0.3, 0.4) is 0 Å². The summed E-state index contributed by atoms with van der Waals surface area (Å²) in [5.74, 6) is 0.411. The van der Waals surface area contributed by atoms with Gasteiger partial charge in [-0.2, -0.15) is 0 Å². The maximum absolute atomic E-state index is 12.9. The lowest BCUT2D eigenvalue weighted by Crippen LogP contribution is -2.12. The normalized spacial score (nSPS) is 20.2. The maximum atomic E-state index is 12.9. The Morgan fingerprint density at radius 3 is 2.73 bits per heavy atom. The van der Waals surface area contributed by atoms with Crippen LogP contribution in [0.4, 0.5) is 4.39 Å². The van der Waals surface area contributed by atoms with Crippen LogP contribution in [0.25, 0.3) is 0 Å². The van der Waals surface area contributed by atoms with Gasteiger partial charge in [0.05, 0.1) is 0 Å². The number of halogens is 1. The highest BCUT2D eigenvalue weighted by Crippen LogP contribution is 2.40. The Labute approximate surface area is 69.0 Å². The number of hydrogen-bond donors (Lipinski definition) is 1. The van der Waals surface area contributed by atoms with E-state index in [-0.39, 0.29) is 11.9 Å². The van der Waals surface area contributed by atoms with Gasteiger partial charge < -0.3 is 5.73 Å². The highest BCUT2D eigenvalue weighted by atomic mass is 32.1. The molecular weight excluding hydrogens is 161 g/mol. The summed E-state index contributed by atoms with van der Waals surface area (Å²) in [7, 11) is 0. The Kier molecular flexibility index (Phi) is 1.69. The van der Waals surface area contributed by atoms with E-state index in [1.54, 1.807) is 0 Å². The molecule has 2 N–H and O–H groups in total. The molecule has 1 heterocycles. The topological polar surface area (TPSA) is 26.0 Å². The monoisotopic (exact) mass is 171 g/mol. The van der Waals surface area contributed by atoms with Crippen LogP contribution in [-0.2, 0) is 0 Å². The van der Waals surface area contributed by atoms with Gasteiger partial charge in [-0.05, 0) is 24.1 Å². The fourth-order valence-corrected chi connectivity index (χ4v) is 1.98. The van der Waals surface area contributed by atoms with E-state index in [1.165, 1.54) is 16.7 Å². The van der Waals surface area contributed by atoms with Gasteiger partial charge in [0.25, 0.3) is 0 Å². The van der Waals surface area contributed by atoms with Gasteiger partial charge in [0, 0.05) is 17.0 Å². The molecule has 60 valence electrons. The van der Waals surface area contributed by atoms with E-state index in [0.717, 1.165) is 12.8 Å².